The summed E-state index contributed by atoms with van der Waals surface area (Å²) in [6.45, 7) is 8.11. The summed E-state index contributed by atoms with van der Waals surface area (Å²) < 4.78 is 7.63. The number of aromatic nitrogens is 3. The third-order valence-electron chi connectivity index (χ3n) is 3.92. The van der Waals surface area contributed by atoms with Gasteiger partial charge in [0.1, 0.15) is 24.0 Å². The highest BCUT2D eigenvalue weighted by Gasteiger charge is 2.17. The van der Waals surface area contributed by atoms with Gasteiger partial charge in [-0.3, -0.25) is 9.36 Å². The summed E-state index contributed by atoms with van der Waals surface area (Å²) in [5, 5.41) is 17.9. The first-order chi connectivity index (χ1) is 13.5. The number of thioether (sulfide) groups is 1. The lowest BCUT2D eigenvalue weighted by Crippen LogP contribution is -2.11. The first-order valence-electron chi connectivity index (χ1n) is 8.77. The number of hydrogen-bond donors (Lipinski definition) is 1. The number of nitrogens with zero attached hydrogens (tertiary/aromatic N) is 4. The van der Waals surface area contributed by atoms with Gasteiger partial charge in [0.25, 0.3) is 0 Å². The lowest BCUT2D eigenvalue weighted by Gasteiger charge is -2.09. The van der Waals surface area contributed by atoms with Gasteiger partial charge in [0.15, 0.2) is 16.8 Å². The fraction of sp³-hybridized carbons (Fsp3) is 0.300. The third-order valence-corrected chi connectivity index (χ3v) is 4.89. The molecule has 2 N–H and O–H groups in total. The summed E-state index contributed by atoms with van der Waals surface area (Å²) in [6.07, 6.45) is 2.69. The number of Topliss-reactive ketones (excluding diaryl/α,β-unsaturated/α-hetero) is 1. The molecule has 2 rings (SSSR count). The Kier molecular flexibility index (Phi) is 7.84. The molecule has 0 amide bonds. The lowest BCUT2D eigenvalue weighted by atomic mass is 10.2. The first-order valence-corrected chi connectivity index (χ1v) is 9.75. The van der Waals surface area contributed by atoms with Crippen molar-refractivity contribution in [3.63, 3.8) is 0 Å². The molecule has 8 heteroatoms. The van der Waals surface area contributed by atoms with Crippen LogP contribution in [0.15, 0.2) is 53.3 Å². The Bertz CT molecular complexity index is 906. The number of ketones is 1. The second-order valence-corrected chi connectivity index (χ2v) is 6.91. The van der Waals surface area contributed by atoms with Crippen LogP contribution in [-0.4, -0.2) is 26.3 Å². The van der Waals surface area contributed by atoms with Gasteiger partial charge in [-0.05, 0) is 31.0 Å². The number of nitrogens with two attached hydrogens (primary N) is 1. The molecule has 0 bridgehead atoms. The summed E-state index contributed by atoms with van der Waals surface area (Å²) in [7, 11) is 0. The quantitative estimate of drug-likeness (QED) is 0.284. The van der Waals surface area contributed by atoms with Gasteiger partial charge < -0.3 is 10.5 Å². The van der Waals surface area contributed by atoms with Crippen LogP contribution in [-0.2, 0) is 24.4 Å². The molecule has 0 aliphatic rings. The van der Waals surface area contributed by atoms with Crippen LogP contribution in [0.2, 0.25) is 0 Å². The average Bonchev–Trinajstić information content (AvgIpc) is 3.07. The third kappa shape index (κ3) is 5.47. The first kappa shape index (κ1) is 21.3. The molecule has 0 atom stereocenters. The number of rotatable bonds is 10. The van der Waals surface area contributed by atoms with Gasteiger partial charge in [0.2, 0.25) is 0 Å². The minimum absolute atomic E-state index is 0.0265. The molecule has 0 saturated heterocycles. The van der Waals surface area contributed by atoms with Gasteiger partial charge in [-0.25, -0.2) is 0 Å². The molecule has 0 saturated carbocycles. The number of benzene rings is 1. The molecule has 0 fully saturated rings. The minimum Gasteiger partial charge on any atom is -0.486 e. The Morgan fingerprint density at radius 2 is 2.11 bits per heavy atom. The van der Waals surface area contributed by atoms with Crippen molar-refractivity contribution in [2.24, 2.45) is 5.73 Å². The van der Waals surface area contributed by atoms with Crippen LogP contribution < -0.4 is 10.5 Å². The highest BCUT2D eigenvalue weighted by molar-refractivity contribution is 7.99. The highest BCUT2D eigenvalue weighted by Crippen LogP contribution is 2.20. The number of ether oxygens (including phenoxy) is 1. The van der Waals surface area contributed by atoms with Crippen molar-refractivity contribution in [3.8, 4) is 11.8 Å². The second-order valence-electron chi connectivity index (χ2n) is 5.97. The summed E-state index contributed by atoms with van der Waals surface area (Å²) in [6, 6.07) is 9.74. The Morgan fingerprint density at radius 1 is 1.39 bits per heavy atom. The highest BCUT2D eigenvalue weighted by atomic mass is 32.2. The van der Waals surface area contributed by atoms with Gasteiger partial charge >= 0.3 is 0 Å². The van der Waals surface area contributed by atoms with Crippen LogP contribution >= 0.6 is 11.8 Å². The van der Waals surface area contributed by atoms with Crippen molar-refractivity contribution >= 4 is 17.5 Å². The lowest BCUT2D eigenvalue weighted by molar-refractivity contribution is -0.112. The molecule has 28 heavy (non-hydrogen) atoms. The molecule has 1 aromatic carbocycles. The van der Waals surface area contributed by atoms with Crippen molar-refractivity contribution in [3.05, 3.63) is 59.6 Å². The van der Waals surface area contributed by atoms with E-state index in [0.717, 1.165) is 12.2 Å². The molecular weight excluding hydrogens is 374 g/mol. The van der Waals surface area contributed by atoms with Crippen molar-refractivity contribution < 1.29 is 9.53 Å². The van der Waals surface area contributed by atoms with Crippen molar-refractivity contribution in [1.29, 1.82) is 5.26 Å². The molecule has 1 aromatic heterocycles. The van der Waals surface area contributed by atoms with Crippen LogP contribution in [0.4, 0.5) is 0 Å². The number of carbonyl (C=O) groups is 1. The molecule has 0 radical (unpaired) electrons. The summed E-state index contributed by atoms with van der Waals surface area (Å²) in [4.78, 5) is 12.1. The Balaban J connectivity index is 2.07. The number of carbonyl (C=O) groups excluding carboxylic acids is 1. The molecule has 0 aliphatic heterocycles. The van der Waals surface area contributed by atoms with Crippen LogP contribution in [0.5, 0.6) is 5.75 Å². The maximum Gasteiger partial charge on any atom is 0.192 e. The van der Waals surface area contributed by atoms with E-state index < -0.39 is 0 Å². The number of aryl methyl sites for hydroxylation is 1. The number of allylic oxidation sites excluding steroid dienone is 3. The standard InChI is InChI=1S/C20H23N5O2S/c1-4-10-25-19(12-27-16-8-6-15(5-2)7-9-16)23-24-20(25)28-13-18(26)17(11-21)14(3)22/h4,6-9H,1,5,10,12-13,22H2,2-3H3. The van der Waals surface area contributed by atoms with E-state index in [0.29, 0.717) is 17.5 Å². The Hall–Kier alpha value is -3.05. The second kappa shape index (κ2) is 10.3. The summed E-state index contributed by atoms with van der Waals surface area (Å²) in [5.41, 5.74) is 7.00. The Labute approximate surface area is 168 Å². The zero-order chi connectivity index (χ0) is 20.5. The van der Waals surface area contributed by atoms with Crippen molar-refractivity contribution in [2.75, 3.05) is 5.75 Å². The van der Waals surface area contributed by atoms with Gasteiger partial charge in [-0.2, -0.15) is 5.26 Å². The molecule has 0 aliphatic carbocycles. The van der Waals surface area contributed by atoms with E-state index in [2.05, 4.69) is 23.7 Å². The monoisotopic (exact) mass is 397 g/mol. The predicted molar refractivity (Wildman–Crippen MR) is 109 cm³/mol. The molecule has 0 spiro atoms. The molecular formula is C20H23N5O2S. The maximum atomic E-state index is 12.1. The number of nitriles is 1. The largest absolute Gasteiger partial charge is 0.486 e. The van der Waals surface area contributed by atoms with Crippen LogP contribution in [0.1, 0.15) is 25.2 Å². The molecule has 7 nitrogen and oxygen atoms in total. The fourth-order valence-corrected chi connectivity index (χ4v) is 3.23. The van der Waals surface area contributed by atoms with E-state index in [-0.39, 0.29) is 29.4 Å². The fourth-order valence-electron chi connectivity index (χ4n) is 2.39. The topological polar surface area (TPSA) is 107 Å². The zero-order valence-corrected chi connectivity index (χ0v) is 16.8. The van der Waals surface area contributed by atoms with E-state index in [1.807, 2.05) is 34.9 Å². The van der Waals surface area contributed by atoms with E-state index >= 15 is 0 Å². The van der Waals surface area contributed by atoms with E-state index in [9.17, 15) is 4.79 Å². The average molecular weight is 398 g/mol. The van der Waals surface area contributed by atoms with Crippen LogP contribution in [0.3, 0.4) is 0 Å². The van der Waals surface area contributed by atoms with Crippen LogP contribution in [0.25, 0.3) is 0 Å². The summed E-state index contributed by atoms with van der Waals surface area (Å²) in [5.74, 6) is 1.08. The van der Waals surface area contributed by atoms with Crippen molar-refractivity contribution in [2.45, 2.75) is 38.6 Å². The SMILES string of the molecule is C=CCn1c(COc2ccc(CC)cc2)nnc1SCC(=O)C(C#N)=C(C)N. The zero-order valence-electron chi connectivity index (χ0n) is 16.0. The smallest absolute Gasteiger partial charge is 0.192 e. The van der Waals surface area contributed by atoms with E-state index in [1.165, 1.54) is 24.2 Å². The van der Waals surface area contributed by atoms with E-state index in [1.54, 1.807) is 6.08 Å². The summed E-state index contributed by atoms with van der Waals surface area (Å²) >= 11 is 1.20. The van der Waals surface area contributed by atoms with E-state index in [4.69, 9.17) is 15.7 Å². The van der Waals surface area contributed by atoms with Crippen molar-refractivity contribution in [1.82, 2.24) is 14.8 Å². The molecule has 2 aromatic rings. The maximum absolute atomic E-state index is 12.1. The Morgan fingerprint density at radius 3 is 2.68 bits per heavy atom. The molecule has 146 valence electrons. The van der Waals surface area contributed by atoms with Gasteiger partial charge in [0, 0.05) is 12.2 Å². The molecule has 0 unspecified atom stereocenters. The van der Waals surface area contributed by atoms with Crippen LogP contribution in [0, 0.1) is 11.3 Å². The number of hydrogen-bond acceptors (Lipinski definition) is 7. The predicted octanol–water partition coefficient (Wildman–Crippen LogP) is 3.02. The van der Waals surface area contributed by atoms with Gasteiger partial charge in [-0.15, -0.1) is 16.8 Å². The minimum atomic E-state index is -0.338. The van der Waals surface area contributed by atoms with Gasteiger partial charge in [0.05, 0.1) is 5.75 Å². The molecule has 1 heterocycles. The normalized spacial score (nSPS) is 11.5. The van der Waals surface area contributed by atoms with Gasteiger partial charge in [-0.1, -0.05) is 36.9 Å².